The predicted octanol–water partition coefficient (Wildman–Crippen LogP) is 2.90. The van der Waals surface area contributed by atoms with Gasteiger partial charge in [0, 0.05) is 17.8 Å². The molecule has 0 bridgehead atoms. The third-order valence-electron chi connectivity index (χ3n) is 2.47. The average Bonchev–Trinajstić information content (AvgIpc) is 2.78. The molecule has 2 aromatic rings. The van der Waals surface area contributed by atoms with E-state index in [9.17, 15) is 4.79 Å². The molecule has 0 aliphatic heterocycles. The maximum Gasteiger partial charge on any atom is 0.337 e. The second-order valence-electron chi connectivity index (χ2n) is 3.84. The van der Waals surface area contributed by atoms with E-state index in [-0.39, 0.29) is 5.56 Å². The number of carboxylic acid groups (broad SMARTS) is 1. The largest absolute Gasteiger partial charge is 0.478 e. The molecule has 1 heterocycles. The first kappa shape index (κ1) is 11.3. The molecule has 4 nitrogen and oxygen atoms in total. The van der Waals surface area contributed by atoms with Crippen molar-refractivity contribution in [1.29, 1.82) is 0 Å². The van der Waals surface area contributed by atoms with Gasteiger partial charge in [-0.3, -0.25) is 0 Å². The van der Waals surface area contributed by atoms with Gasteiger partial charge >= 0.3 is 5.97 Å². The highest BCUT2D eigenvalue weighted by Crippen LogP contribution is 2.18. The number of anilines is 1. The average molecular weight is 231 g/mol. The quantitative estimate of drug-likeness (QED) is 0.849. The van der Waals surface area contributed by atoms with Gasteiger partial charge in [0.1, 0.15) is 0 Å². The number of carbonyl (C=O) groups is 1. The van der Waals surface area contributed by atoms with Crippen molar-refractivity contribution >= 4 is 11.7 Å². The first-order chi connectivity index (χ1) is 8.16. The van der Waals surface area contributed by atoms with Crippen molar-refractivity contribution in [3.63, 3.8) is 0 Å². The molecule has 0 saturated carbocycles. The molecular weight excluding hydrogens is 218 g/mol. The van der Waals surface area contributed by atoms with E-state index in [0.29, 0.717) is 12.2 Å². The minimum atomic E-state index is -0.931. The lowest BCUT2D eigenvalue weighted by Crippen LogP contribution is -2.06. The Kier molecular flexibility index (Phi) is 3.14. The smallest absolute Gasteiger partial charge is 0.337 e. The Hall–Kier alpha value is -2.23. The Balaban J connectivity index is 2.19. The summed E-state index contributed by atoms with van der Waals surface area (Å²) in [6.45, 7) is 2.47. The molecule has 0 spiro atoms. The second-order valence-corrected chi connectivity index (χ2v) is 3.84. The third-order valence-corrected chi connectivity index (χ3v) is 2.47. The molecule has 0 fully saturated rings. The molecule has 1 aromatic carbocycles. The summed E-state index contributed by atoms with van der Waals surface area (Å²) in [6.07, 6.45) is 3.22. The van der Waals surface area contributed by atoms with Crippen molar-refractivity contribution in [2.75, 3.05) is 5.32 Å². The number of hydrogen-bond acceptors (Lipinski definition) is 3. The number of rotatable bonds is 4. The minimum absolute atomic E-state index is 0.277. The summed E-state index contributed by atoms with van der Waals surface area (Å²) in [7, 11) is 0. The van der Waals surface area contributed by atoms with Gasteiger partial charge in [-0.25, -0.2) is 4.79 Å². The summed E-state index contributed by atoms with van der Waals surface area (Å²) in [4.78, 5) is 11.0. The highest BCUT2D eigenvalue weighted by molar-refractivity contribution is 5.94. The fourth-order valence-corrected chi connectivity index (χ4v) is 1.58. The lowest BCUT2D eigenvalue weighted by molar-refractivity contribution is 0.0698. The van der Waals surface area contributed by atoms with Crippen LogP contribution in [0, 0.1) is 6.92 Å². The lowest BCUT2D eigenvalue weighted by Gasteiger charge is -2.09. The second kappa shape index (κ2) is 4.74. The van der Waals surface area contributed by atoms with Gasteiger partial charge in [-0.1, -0.05) is 6.07 Å². The van der Waals surface area contributed by atoms with Gasteiger partial charge in [0.05, 0.1) is 18.1 Å². The zero-order valence-corrected chi connectivity index (χ0v) is 9.43. The van der Waals surface area contributed by atoms with Crippen molar-refractivity contribution in [1.82, 2.24) is 0 Å². The van der Waals surface area contributed by atoms with Crippen LogP contribution in [0.2, 0.25) is 0 Å². The molecule has 0 amide bonds. The summed E-state index contributed by atoms with van der Waals surface area (Å²) < 4.78 is 4.95. The van der Waals surface area contributed by atoms with Crippen molar-refractivity contribution < 1.29 is 14.3 Å². The number of benzene rings is 1. The first-order valence-corrected chi connectivity index (χ1v) is 5.25. The number of furan rings is 1. The summed E-state index contributed by atoms with van der Waals surface area (Å²) in [5.74, 6) is -0.931. The third kappa shape index (κ3) is 2.66. The van der Waals surface area contributed by atoms with E-state index in [1.54, 1.807) is 24.7 Å². The van der Waals surface area contributed by atoms with E-state index < -0.39 is 5.97 Å². The lowest BCUT2D eigenvalue weighted by atomic mass is 10.1. The van der Waals surface area contributed by atoms with E-state index in [4.69, 9.17) is 9.52 Å². The summed E-state index contributed by atoms with van der Waals surface area (Å²) >= 11 is 0. The highest BCUT2D eigenvalue weighted by atomic mass is 16.4. The van der Waals surface area contributed by atoms with Gasteiger partial charge in [0.2, 0.25) is 0 Å². The Morgan fingerprint density at radius 1 is 1.41 bits per heavy atom. The number of aryl methyl sites for hydroxylation is 1. The van der Waals surface area contributed by atoms with Crippen molar-refractivity contribution in [3.8, 4) is 0 Å². The Morgan fingerprint density at radius 3 is 2.88 bits per heavy atom. The van der Waals surface area contributed by atoms with Crippen LogP contribution in [-0.4, -0.2) is 11.1 Å². The Morgan fingerprint density at radius 2 is 2.24 bits per heavy atom. The molecule has 4 heteroatoms. The maximum absolute atomic E-state index is 11.0. The summed E-state index contributed by atoms with van der Waals surface area (Å²) in [5, 5.41) is 12.2. The Bertz CT molecular complexity index is 517. The van der Waals surface area contributed by atoms with Gasteiger partial charge in [-0.15, -0.1) is 0 Å². The fourth-order valence-electron chi connectivity index (χ4n) is 1.58. The fraction of sp³-hybridized carbons (Fsp3) is 0.154. The van der Waals surface area contributed by atoms with Gasteiger partial charge in [0.15, 0.2) is 0 Å². The summed E-state index contributed by atoms with van der Waals surface area (Å²) in [6, 6.07) is 7.05. The monoisotopic (exact) mass is 231 g/mol. The molecule has 17 heavy (non-hydrogen) atoms. The van der Waals surface area contributed by atoms with Crippen LogP contribution < -0.4 is 5.32 Å². The number of hydrogen-bond donors (Lipinski definition) is 2. The van der Waals surface area contributed by atoms with Crippen LogP contribution >= 0.6 is 0 Å². The zero-order valence-electron chi connectivity index (χ0n) is 9.43. The molecule has 0 radical (unpaired) electrons. The molecule has 88 valence electrons. The van der Waals surface area contributed by atoms with E-state index in [0.717, 1.165) is 11.1 Å². The summed E-state index contributed by atoms with van der Waals surface area (Å²) in [5.41, 5.74) is 2.89. The SMILES string of the molecule is Cc1ccc(C(=O)O)c(NCc2ccoc2)c1. The van der Waals surface area contributed by atoms with Crippen LogP contribution in [0.1, 0.15) is 21.5 Å². The van der Waals surface area contributed by atoms with Gasteiger partial charge in [-0.05, 0) is 30.7 Å². The molecule has 0 aliphatic rings. The zero-order chi connectivity index (χ0) is 12.3. The molecular formula is C13H13NO3. The van der Waals surface area contributed by atoms with Crippen LogP contribution in [-0.2, 0) is 6.54 Å². The van der Waals surface area contributed by atoms with Crippen molar-refractivity contribution in [3.05, 3.63) is 53.5 Å². The van der Waals surface area contributed by atoms with Crippen molar-refractivity contribution in [2.24, 2.45) is 0 Å². The maximum atomic E-state index is 11.0. The van der Waals surface area contributed by atoms with E-state index in [1.165, 1.54) is 0 Å². The number of aromatic carboxylic acids is 1. The van der Waals surface area contributed by atoms with Crippen LogP contribution in [0.25, 0.3) is 0 Å². The number of nitrogens with one attached hydrogen (secondary N) is 1. The van der Waals surface area contributed by atoms with Gasteiger partial charge in [0.25, 0.3) is 0 Å². The van der Waals surface area contributed by atoms with Crippen molar-refractivity contribution in [2.45, 2.75) is 13.5 Å². The van der Waals surface area contributed by atoms with Gasteiger partial charge in [-0.2, -0.15) is 0 Å². The predicted molar refractivity (Wildman–Crippen MR) is 64.2 cm³/mol. The van der Waals surface area contributed by atoms with Crippen LogP contribution in [0.3, 0.4) is 0 Å². The van der Waals surface area contributed by atoms with E-state index >= 15 is 0 Å². The molecule has 2 rings (SSSR count). The molecule has 0 atom stereocenters. The minimum Gasteiger partial charge on any atom is -0.478 e. The molecule has 1 aromatic heterocycles. The van der Waals surface area contributed by atoms with Gasteiger partial charge < -0.3 is 14.8 Å². The Labute approximate surface area is 98.9 Å². The van der Waals surface area contributed by atoms with Crippen LogP contribution in [0.5, 0.6) is 0 Å². The van der Waals surface area contributed by atoms with Crippen LogP contribution in [0.15, 0.2) is 41.2 Å². The first-order valence-electron chi connectivity index (χ1n) is 5.25. The highest BCUT2D eigenvalue weighted by Gasteiger charge is 2.09. The molecule has 0 aliphatic carbocycles. The number of carboxylic acids is 1. The van der Waals surface area contributed by atoms with Crippen LogP contribution in [0.4, 0.5) is 5.69 Å². The molecule has 0 unspecified atom stereocenters. The molecule has 2 N–H and O–H groups in total. The molecule has 0 saturated heterocycles. The van der Waals surface area contributed by atoms with E-state index in [1.807, 2.05) is 19.1 Å². The van der Waals surface area contributed by atoms with E-state index in [2.05, 4.69) is 5.32 Å². The topological polar surface area (TPSA) is 62.5 Å². The standard InChI is InChI=1S/C13H13NO3/c1-9-2-3-11(13(15)16)12(6-9)14-7-10-4-5-17-8-10/h2-6,8,14H,7H2,1H3,(H,15,16). The normalized spacial score (nSPS) is 10.2.